The predicted molar refractivity (Wildman–Crippen MR) is 115 cm³/mol. The normalized spacial score (nSPS) is 10.7. The molecule has 0 bridgehead atoms. The minimum atomic E-state index is 0.319. The van der Waals surface area contributed by atoms with Gasteiger partial charge in [-0.1, -0.05) is 40.9 Å². The molecule has 0 aliphatic heterocycles. The highest BCUT2D eigenvalue weighted by atomic mass is 35.5. The first-order valence-corrected chi connectivity index (χ1v) is 10.1. The van der Waals surface area contributed by atoms with Crippen molar-refractivity contribution in [1.29, 1.82) is 5.26 Å². The van der Waals surface area contributed by atoms with Gasteiger partial charge >= 0.3 is 0 Å². The predicted octanol–water partition coefficient (Wildman–Crippen LogP) is 5.53. The van der Waals surface area contributed by atoms with Crippen LogP contribution in [-0.4, -0.2) is 32.2 Å². The van der Waals surface area contributed by atoms with Crippen molar-refractivity contribution in [2.24, 2.45) is 0 Å². The third kappa shape index (κ3) is 3.54. The summed E-state index contributed by atoms with van der Waals surface area (Å²) in [5.41, 5.74) is 2.05. The Morgan fingerprint density at radius 3 is 2.62 bits per heavy atom. The zero-order chi connectivity index (χ0) is 20.5. The van der Waals surface area contributed by atoms with Crippen molar-refractivity contribution < 1.29 is 0 Å². The minimum absolute atomic E-state index is 0.319. The summed E-state index contributed by atoms with van der Waals surface area (Å²) in [5, 5.41) is 20.9. The van der Waals surface area contributed by atoms with Crippen molar-refractivity contribution >= 4 is 52.1 Å². The second kappa shape index (κ2) is 7.97. The summed E-state index contributed by atoms with van der Waals surface area (Å²) in [5.74, 6) is 0.881. The number of benzene rings is 1. The highest BCUT2D eigenvalue weighted by molar-refractivity contribution is 7.19. The van der Waals surface area contributed by atoms with E-state index in [1.165, 1.54) is 23.9 Å². The smallest absolute Gasteiger partial charge is 0.223 e. The molecule has 144 valence electrons. The van der Waals surface area contributed by atoms with Gasteiger partial charge in [-0.05, 0) is 12.1 Å². The lowest BCUT2D eigenvalue weighted by Gasteiger charge is -2.07. The van der Waals surface area contributed by atoms with E-state index in [1.54, 1.807) is 25.2 Å². The maximum absolute atomic E-state index is 10.0. The minimum Gasteiger partial charge on any atom is -0.357 e. The molecular weight excluding hydrogens is 453 g/mol. The quantitative estimate of drug-likeness (QED) is 0.413. The van der Waals surface area contributed by atoms with E-state index in [2.05, 4.69) is 36.5 Å². The van der Waals surface area contributed by atoms with E-state index in [9.17, 15) is 5.26 Å². The summed E-state index contributed by atoms with van der Waals surface area (Å²) in [4.78, 5) is 14.0. The highest BCUT2D eigenvalue weighted by Crippen LogP contribution is 2.48. The molecule has 7 nitrogen and oxygen atoms in total. The molecule has 0 fully saturated rings. The summed E-state index contributed by atoms with van der Waals surface area (Å²) >= 11 is 20.2. The van der Waals surface area contributed by atoms with Crippen molar-refractivity contribution in [3.63, 3.8) is 0 Å². The molecule has 0 aliphatic rings. The molecule has 2 N–H and O–H groups in total. The number of aromatic nitrogens is 5. The molecule has 0 saturated carbocycles. The monoisotopic (exact) mass is 461 g/mol. The van der Waals surface area contributed by atoms with E-state index in [1.807, 2.05) is 0 Å². The molecule has 4 rings (SSSR count). The number of nitrogens with one attached hydrogen (secondary N) is 2. The first kappa shape index (κ1) is 19.6. The Labute approximate surface area is 184 Å². The van der Waals surface area contributed by atoms with Gasteiger partial charge in [0.25, 0.3) is 0 Å². The lowest BCUT2D eigenvalue weighted by molar-refractivity contribution is 1.10. The molecule has 29 heavy (non-hydrogen) atoms. The molecule has 0 radical (unpaired) electrons. The zero-order valence-electron chi connectivity index (χ0n) is 14.7. The Morgan fingerprint density at radius 2 is 1.97 bits per heavy atom. The van der Waals surface area contributed by atoms with Gasteiger partial charge in [-0.3, -0.25) is 5.10 Å². The maximum Gasteiger partial charge on any atom is 0.223 e. The third-order valence-corrected chi connectivity index (χ3v) is 6.06. The summed E-state index contributed by atoms with van der Waals surface area (Å²) in [6.45, 7) is 0. The molecular formula is C18H10Cl3N7S. The fourth-order valence-corrected chi connectivity index (χ4v) is 4.74. The number of rotatable bonds is 4. The van der Waals surface area contributed by atoms with Crippen LogP contribution >= 0.6 is 46.1 Å². The average molecular weight is 463 g/mol. The summed E-state index contributed by atoms with van der Waals surface area (Å²) in [6.07, 6.45) is 2.88. The highest BCUT2D eigenvalue weighted by Gasteiger charge is 2.26. The molecule has 3 aromatic heterocycles. The van der Waals surface area contributed by atoms with Crippen LogP contribution in [0.3, 0.4) is 0 Å². The standard InChI is InChI=1S/C18H10Cl3N7S/c1-23-18-24-6-12(21)14(27-18)15-10(5-22)13(9-3-2-8(19)4-11(9)20)16(29-15)17-25-7-26-28-17/h2-4,6-7H,1H3,(H,23,24,27)(H,25,26,28). The lowest BCUT2D eigenvalue weighted by atomic mass is 9.99. The van der Waals surface area contributed by atoms with Gasteiger partial charge in [-0.15, -0.1) is 11.3 Å². The molecule has 0 aliphatic carbocycles. The molecule has 3 heterocycles. The molecule has 0 amide bonds. The molecule has 0 saturated heterocycles. The topological polar surface area (TPSA) is 103 Å². The Morgan fingerprint density at radius 1 is 1.14 bits per heavy atom. The summed E-state index contributed by atoms with van der Waals surface area (Å²) in [7, 11) is 1.70. The summed E-state index contributed by atoms with van der Waals surface area (Å²) < 4.78 is 0. The van der Waals surface area contributed by atoms with Gasteiger partial charge < -0.3 is 5.32 Å². The number of nitriles is 1. The molecule has 0 atom stereocenters. The van der Waals surface area contributed by atoms with Crippen molar-refractivity contribution in [2.45, 2.75) is 0 Å². The molecule has 11 heteroatoms. The SMILES string of the molecule is CNc1ncc(Cl)c(-c2sc(-c3ncn[nH]3)c(-c3ccc(Cl)cc3Cl)c2C#N)n1. The second-order valence-electron chi connectivity index (χ2n) is 5.72. The maximum atomic E-state index is 10.0. The van der Waals surface area contributed by atoms with E-state index in [0.717, 1.165) is 0 Å². The number of nitrogens with zero attached hydrogens (tertiary/aromatic N) is 5. The number of thiophene rings is 1. The Bertz CT molecular complexity index is 1250. The van der Waals surface area contributed by atoms with Crippen LogP contribution in [-0.2, 0) is 0 Å². The fourth-order valence-electron chi connectivity index (χ4n) is 2.78. The first-order valence-electron chi connectivity index (χ1n) is 8.12. The van der Waals surface area contributed by atoms with Gasteiger partial charge in [0.15, 0.2) is 5.82 Å². The Kier molecular flexibility index (Phi) is 5.39. The van der Waals surface area contributed by atoms with Gasteiger partial charge in [0.2, 0.25) is 5.95 Å². The molecule has 1 aromatic carbocycles. The summed E-state index contributed by atoms with van der Waals surface area (Å²) in [6, 6.07) is 7.36. The van der Waals surface area contributed by atoms with Crippen LogP contribution < -0.4 is 5.32 Å². The van der Waals surface area contributed by atoms with Gasteiger partial charge in [0.05, 0.1) is 26.5 Å². The average Bonchev–Trinajstić information content (AvgIpc) is 3.36. The van der Waals surface area contributed by atoms with Crippen LogP contribution in [0.1, 0.15) is 5.56 Å². The number of halogens is 3. The van der Waals surface area contributed by atoms with Crippen LogP contribution in [0.25, 0.3) is 32.4 Å². The van der Waals surface area contributed by atoms with E-state index in [0.29, 0.717) is 59.0 Å². The number of hydrogen-bond acceptors (Lipinski definition) is 7. The van der Waals surface area contributed by atoms with Gasteiger partial charge in [-0.2, -0.15) is 10.4 Å². The van der Waals surface area contributed by atoms with Crippen LogP contribution in [0.15, 0.2) is 30.7 Å². The number of hydrogen-bond donors (Lipinski definition) is 2. The lowest BCUT2D eigenvalue weighted by Crippen LogP contribution is -1.97. The van der Waals surface area contributed by atoms with E-state index < -0.39 is 0 Å². The van der Waals surface area contributed by atoms with Gasteiger partial charge in [0, 0.05) is 28.2 Å². The van der Waals surface area contributed by atoms with Crippen LogP contribution in [0.2, 0.25) is 15.1 Å². The fraction of sp³-hybridized carbons (Fsp3) is 0.0556. The second-order valence-corrected chi connectivity index (χ2v) is 7.99. The van der Waals surface area contributed by atoms with Gasteiger partial charge in [-0.25, -0.2) is 15.0 Å². The van der Waals surface area contributed by atoms with Crippen molar-refractivity contribution in [3.8, 4) is 38.5 Å². The molecule has 0 unspecified atom stereocenters. The third-order valence-electron chi connectivity index (χ3n) is 4.03. The molecule has 0 spiro atoms. The Balaban J connectivity index is 2.07. The number of aromatic amines is 1. The molecule has 4 aromatic rings. The van der Waals surface area contributed by atoms with Crippen LogP contribution in [0.5, 0.6) is 0 Å². The zero-order valence-corrected chi connectivity index (χ0v) is 17.7. The van der Waals surface area contributed by atoms with Crippen LogP contribution in [0, 0.1) is 11.3 Å². The van der Waals surface area contributed by atoms with E-state index in [4.69, 9.17) is 34.8 Å². The van der Waals surface area contributed by atoms with Crippen molar-refractivity contribution in [2.75, 3.05) is 12.4 Å². The largest absolute Gasteiger partial charge is 0.357 e. The number of anilines is 1. The number of H-pyrrole nitrogens is 1. The van der Waals surface area contributed by atoms with Gasteiger partial charge in [0.1, 0.15) is 18.1 Å². The van der Waals surface area contributed by atoms with Crippen molar-refractivity contribution in [3.05, 3.63) is 51.4 Å². The van der Waals surface area contributed by atoms with Crippen LogP contribution in [0.4, 0.5) is 5.95 Å². The van der Waals surface area contributed by atoms with E-state index in [-0.39, 0.29) is 0 Å². The Hall–Kier alpha value is -2.70. The van der Waals surface area contributed by atoms with Crippen molar-refractivity contribution in [1.82, 2.24) is 25.1 Å². The first-order chi connectivity index (χ1) is 14.0. The van der Waals surface area contributed by atoms with E-state index >= 15 is 0 Å².